The third-order valence-electron chi connectivity index (χ3n) is 3.32. The van der Waals surface area contributed by atoms with Crippen molar-refractivity contribution in [2.45, 2.75) is 6.92 Å². The molecule has 6 nitrogen and oxygen atoms in total. The lowest BCUT2D eigenvalue weighted by molar-refractivity contribution is 0.0599. The van der Waals surface area contributed by atoms with Gasteiger partial charge in [-0.25, -0.2) is 9.78 Å². The maximum Gasteiger partial charge on any atom is 0.339 e. The minimum atomic E-state index is -0.384. The Labute approximate surface area is 122 Å². The first-order valence-corrected chi connectivity index (χ1v) is 6.61. The number of aryl methyl sites for hydroxylation is 1. The van der Waals surface area contributed by atoms with E-state index in [1.807, 2.05) is 19.1 Å². The number of anilines is 1. The minimum absolute atomic E-state index is 0.384. The molecule has 0 aromatic carbocycles. The van der Waals surface area contributed by atoms with Crippen LogP contribution in [0.15, 0.2) is 24.5 Å². The van der Waals surface area contributed by atoms with Crippen molar-refractivity contribution >= 4 is 11.7 Å². The summed E-state index contributed by atoms with van der Waals surface area (Å²) in [6, 6.07) is 3.79. The van der Waals surface area contributed by atoms with Gasteiger partial charge < -0.3 is 14.8 Å². The van der Waals surface area contributed by atoms with Gasteiger partial charge in [0, 0.05) is 24.5 Å². The number of rotatable bonds is 2. The highest BCUT2D eigenvalue weighted by Gasteiger charge is 2.15. The maximum atomic E-state index is 11.6. The second kappa shape index (κ2) is 5.40. The Kier molecular flexibility index (Phi) is 3.43. The standard InChI is InChI=1S/C15H15N3O3/c1-9-5-12(17-8-11(9)15(19)20-2)10-6-13-14(18-7-10)21-4-3-16-13/h5-8,16H,3-4H2,1-2H3. The summed E-state index contributed by atoms with van der Waals surface area (Å²) in [5.41, 5.74) is 3.76. The van der Waals surface area contributed by atoms with Crippen LogP contribution in [0.5, 0.6) is 5.88 Å². The first-order valence-electron chi connectivity index (χ1n) is 6.61. The highest BCUT2D eigenvalue weighted by atomic mass is 16.5. The average Bonchev–Trinajstić information content (AvgIpc) is 2.53. The average molecular weight is 285 g/mol. The number of ether oxygens (including phenoxy) is 2. The van der Waals surface area contributed by atoms with E-state index in [0.717, 1.165) is 29.1 Å². The molecule has 0 saturated heterocycles. The van der Waals surface area contributed by atoms with Gasteiger partial charge >= 0.3 is 5.97 Å². The molecule has 0 radical (unpaired) electrons. The van der Waals surface area contributed by atoms with Gasteiger partial charge in [0.15, 0.2) is 0 Å². The van der Waals surface area contributed by atoms with Crippen molar-refractivity contribution in [3.8, 4) is 17.1 Å². The van der Waals surface area contributed by atoms with Crippen molar-refractivity contribution in [2.75, 3.05) is 25.6 Å². The summed E-state index contributed by atoms with van der Waals surface area (Å²) in [4.78, 5) is 20.2. The number of pyridine rings is 2. The number of nitrogens with zero attached hydrogens (tertiary/aromatic N) is 2. The summed E-state index contributed by atoms with van der Waals surface area (Å²) in [6.07, 6.45) is 3.24. The molecule has 6 heteroatoms. The highest BCUT2D eigenvalue weighted by Crippen LogP contribution is 2.29. The quantitative estimate of drug-likeness (QED) is 0.851. The lowest BCUT2D eigenvalue weighted by atomic mass is 10.1. The molecule has 3 heterocycles. The first-order chi connectivity index (χ1) is 10.2. The van der Waals surface area contributed by atoms with Crippen molar-refractivity contribution in [1.82, 2.24) is 9.97 Å². The van der Waals surface area contributed by atoms with Gasteiger partial charge in [-0.15, -0.1) is 0 Å². The van der Waals surface area contributed by atoms with Crippen LogP contribution in [0.3, 0.4) is 0 Å². The summed E-state index contributed by atoms with van der Waals surface area (Å²) in [7, 11) is 1.36. The van der Waals surface area contributed by atoms with Crippen LogP contribution in [-0.2, 0) is 4.74 Å². The number of carbonyl (C=O) groups is 1. The van der Waals surface area contributed by atoms with Crippen LogP contribution >= 0.6 is 0 Å². The van der Waals surface area contributed by atoms with Crippen LogP contribution in [0.4, 0.5) is 5.69 Å². The van der Waals surface area contributed by atoms with E-state index in [-0.39, 0.29) is 5.97 Å². The molecule has 0 fully saturated rings. The van der Waals surface area contributed by atoms with E-state index in [1.54, 1.807) is 6.20 Å². The van der Waals surface area contributed by atoms with Crippen molar-refractivity contribution in [1.29, 1.82) is 0 Å². The molecule has 0 bridgehead atoms. The van der Waals surface area contributed by atoms with Crippen LogP contribution in [0.1, 0.15) is 15.9 Å². The zero-order valence-electron chi connectivity index (χ0n) is 11.8. The van der Waals surface area contributed by atoms with Crippen LogP contribution in [0, 0.1) is 6.92 Å². The zero-order valence-corrected chi connectivity index (χ0v) is 11.8. The summed E-state index contributed by atoms with van der Waals surface area (Å²) >= 11 is 0. The van der Waals surface area contributed by atoms with Gasteiger partial charge in [-0.3, -0.25) is 4.98 Å². The SMILES string of the molecule is COC(=O)c1cnc(-c2cnc3c(c2)NCCO3)cc1C. The van der Waals surface area contributed by atoms with Gasteiger partial charge in [0.2, 0.25) is 5.88 Å². The zero-order chi connectivity index (χ0) is 14.8. The van der Waals surface area contributed by atoms with Crippen LogP contribution in [0.2, 0.25) is 0 Å². The Morgan fingerprint density at radius 1 is 1.33 bits per heavy atom. The van der Waals surface area contributed by atoms with Crippen LogP contribution < -0.4 is 10.1 Å². The van der Waals surface area contributed by atoms with E-state index in [4.69, 9.17) is 9.47 Å². The van der Waals surface area contributed by atoms with E-state index in [2.05, 4.69) is 15.3 Å². The second-order valence-electron chi connectivity index (χ2n) is 4.73. The molecule has 1 N–H and O–H groups in total. The molecule has 2 aromatic rings. The van der Waals surface area contributed by atoms with Gasteiger partial charge in [0.05, 0.1) is 24.1 Å². The monoisotopic (exact) mass is 285 g/mol. The Hall–Kier alpha value is -2.63. The van der Waals surface area contributed by atoms with Crippen LogP contribution in [-0.4, -0.2) is 36.2 Å². The molecule has 3 rings (SSSR count). The molecule has 108 valence electrons. The number of hydrogen-bond acceptors (Lipinski definition) is 6. The molecule has 1 aliphatic heterocycles. The Morgan fingerprint density at radius 2 is 2.19 bits per heavy atom. The van der Waals surface area contributed by atoms with Crippen molar-refractivity contribution in [3.63, 3.8) is 0 Å². The molecule has 0 amide bonds. The summed E-state index contributed by atoms with van der Waals surface area (Å²) in [6.45, 7) is 3.22. The third kappa shape index (κ3) is 2.52. The maximum absolute atomic E-state index is 11.6. The molecule has 0 saturated carbocycles. The number of carbonyl (C=O) groups excluding carboxylic acids is 1. The molecular weight excluding hydrogens is 270 g/mol. The molecule has 1 aliphatic rings. The largest absolute Gasteiger partial charge is 0.474 e. The molecular formula is C15H15N3O3. The molecule has 0 unspecified atom stereocenters. The third-order valence-corrected chi connectivity index (χ3v) is 3.32. The van der Waals surface area contributed by atoms with Gasteiger partial charge in [0.25, 0.3) is 0 Å². The van der Waals surface area contributed by atoms with E-state index >= 15 is 0 Å². The number of hydrogen-bond donors (Lipinski definition) is 1. The number of esters is 1. The molecule has 0 aliphatic carbocycles. The number of aromatic nitrogens is 2. The lowest BCUT2D eigenvalue weighted by Gasteiger charge is -2.18. The summed E-state index contributed by atoms with van der Waals surface area (Å²) in [5.74, 6) is 0.220. The molecule has 0 spiro atoms. The van der Waals surface area contributed by atoms with Gasteiger partial charge in [-0.05, 0) is 24.6 Å². The molecule has 21 heavy (non-hydrogen) atoms. The first kappa shape index (κ1) is 13.4. The highest BCUT2D eigenvalue weighted by molar-refractivity contribution is 5.91. The van der Waals surface area contributed by atoms with Gasteiger partial charge in [-0.1, -0.05) is 0 Å². The van der Waals surface area contributed by atoms with E-state index in [1.165, 1.54) is 13.3 Å². The fraction of sp³-hybridized carbons (Fsp3) is 0.267. The number of methoxy groups -OCH3 is 1. The van der Waals surface area contributed by atoms with E-state index in [9.17, 15) is 4.79 Å². The van der Waals surface area contributed by atoms with E-state index in [0.29, 0.717) is 18.1 Å². The lowest BCUT2D eigenvalue weighted by Crippen LogP contribution is -2.18. The Balaban J connectivity index is 1.97. The van der Waals surface area contributed by atoms with Gasteiger partial charge in [0.1, 0.15) is 6.61 Å². The van der Waals surface area contributed by atoms with Crippen molar-refractivity contribution in [3.05, 3.63) is 35.7 Å². The predicted molar refractivity (Wildman–Crippen MR) is 77.5 cm³/mol. The van der Waals surface area contributed by atoms with E-state index < -0.39 is 0 Å². The molecule has 0 atom stereocenters. The number of fused-ring (bicyclic) bond motifs is 1. The number of nitrogens with one attached hydrogen (secondary N) is 1. The normalized spacial score (nSPS) is 12.9. The summed E-state index contributed by atoms with van der Waals surface area (Å²) in [5, 5.41) is 3.24. The Bertz CT molecular complexity index is 701. The van der Waals surface area contributed by atoms with Gasteiger partial charge in [-0.2, -0.15) is 0 Å². The summed E-state index contributed by atoms with van der Waals surface area (Å²) < 4.78 is 10.2. The molecule has 2 aromatic heterocycles. The van der Waals surface area contributed by atoms with Crippen molar-refractivity contribution < 1.29 is 14.3 Å². The minimum Gasteiger partial charge on any atom is -0.474 e. The second-order valence-corrected chi connectivity index (χ2v) is 4.73. The fourth-order valence-corrected chi connectivity index (χ4v) is 2.20. The topological polar surface area (TPSA) is 73.3 Å². The Morgan fingerprint density at radius 3 is 2.95 bits per heavy atom. The van der Waals surface area contributed by atoms with Crippen molar-refractivity contribution in [2.24, 2.45) is 0 Å². The smallest absolute Gasteiger partial charge is 0.339 e. The fourth-order valence-electron chi connectivity index (χ4n) is 2.20. The van der Waals surface area contributed by atoms with Crippen LogP contribution in [0.25, 0.3) is 11.3 Å². The predicted octanol–water partition coefficient (Wildman–Crippen LogP) is 2.04.